The molecule has 0 spiro atoms. The number of amides is 2. The minimum Gasteiger partial charge on any atom is -0.492 e. The van der Waals surface area contributed by atoms with Crippen molar-refractivity contribution >= 4 is 42.5 Å². The number of nitrogens with one attached hydrogen (secondary N) is 3. The van der Waals surface area contributed by atoms with E-state index < -0.39 is 27.7 Å². The van der Waals surface area contributed by atoms with E-state index in [1.54, 1.807) is 37.3 Å². The summed E-state index contributed by atoms with van der Waals surface area (Å²) in [5.41, 5.74) is 0.942. The zero-order valence-corrected chi connectivity index (χ0v) is 23.1. The van der Waals surface area contributed by atoms with E-state index in [0.717, 1.165) is 6.07 Å². The first-order valence-electron chi connectivity index (χ1n) is 11.7. The van der Waals surface area contributed by atoms with E-state index in [1.165, 1.54) is 52.6 Å². The number of halogens is 2. The average Bonchev–Trinajstić information content (AvgIpc) is 2.84. The van der Waals surface area contributed by atoms with Crippen LogP contribution in [0.5, 0.6) is 11.5 Å². The Morgan fingerprint density at radius 1 is 1.00 bits per heavy atom. The molecule has 3 rings (SSSR count). The van der Waals surface area contributed by atoms with Gasteiger partial charge in [-0.3, -0.25) is 14.3 Å². The lowest BCUT2D eigenvalue weighted by Crippen LogP contribution is -2.33. The Morgan fingerprint density at radius 3 is 2.36 bits per heavy atom. The van der Waals surface area contributed by atoms with Gasteiger partial charge in [0.2, 0.25) is 11.8 Å². The molecule has 0 saturated heterocycles. The van der Waals surface area contributed by atoms with Gasteiger partial charge in [-0.1, -0.05) is 36.4 Å². The van der Waals surface area contributed by atoms with E-state index in [1.807, 2.05) is 0 Å². The van der Waals surface area contributed by atoms with Crippen molar-refractivity contribution in [3.05, 3.63) is 78.4 Å². The van der Waals surface area contributed by atoms with Crippen LogP contribution >= 0.6 is 9.24 Å². The van der Waals surface area contributed by atoms with Gasteiger partial charge in [-0.15, -0.1) is 0 Å². The van der Waals surface area contributed by atoms with Crippen LogP contribution in [0.2, 0.25) is 0 Å². The quantitative estimate of drug-likeness (QED) is 0.271. The van der Waals surface area contributed by atoms with Crippen LogP contribution in [0.3, 0.4) is 0 Å². The number of hydrogen-bond donors (Lipinski definition) is 3. The summed E-state index contributed by atoms with van der Waals surface area (Å²) in [7, 11) is -3.00. The zero-order chi connectivity index (χ0) is 28.6. The Labute approximate surface area is 227 Å². The van der Waals surface area contributed by atoms with Gasteiger partial charge in [0.15, 0.2) is 0 Å². The Kier molecular flexibility index (Phi) is 9.82. The predicted octanol–water partition coefficient (Wildman–Crippen LogP) is 4.55. The molecule has 9 nitrogen and oxygen atoms in total. The summed E-state index contributed by atoms with van der Waals surface area (Å²) in [6, 6.07) is 18.0. The third-order valence-electron chi connectivity index (χ3n) is 5.21. The average molecular weight is 580 g/mol. The number of ether oxygens (including phenoxy) is 2. The molecule has 0 aromatic heterocycles. The first-order chi connectivity index (χ1) is 18.4. The normalized spacial score (nSPS) is 12.2. The molecule has 0 aliphatic carbocycles. The number of sulfonamides is 1. The van der Waals surface area contributed by atoms with Crippen molar-refractivity contribution in [1.29, 1.82) is 0 Å². The summed E-state index contributed by atoms with van der Waals surface area (Å²) in [6.45, 7) is 3.20. The molecule has 2 amide bonds. The minimum atomic E-state index is -4.23. The van der Waals surface area contributed by atoms with Gasteiger partial charge in [0.25, 0.3) is 10.0 Å². The molecule has 0 fully saturated rings. The highest BCUT2D eigenvalue weighted by Crippen LogP contribution is 2.32. The summed E-state index contributed by atoms with van der Waals surface area (Å²) in [5, 5.41) is 5.39. The van der Waals surface area contributed by atoms with Crippen molar-refractivity contribution < 1.29 is 36.3 Å². The van der Waals surface area contributed by atoms with Crippen LogP contribution in [-0.4, -0.2) is 39.2 Å². The van der Waals surface area contributed by atoms with Crippen molar-refractivity contribution in [1.82, 2.24) is 5.32 Å². The summed E-state index contributed by atoms with van der Waals surface area (Å²) < 4.78 is 65.0. The minimum absolute atomic E-state index is 0.00903. The van der Waals surface area contributed by atoms with Gasteiger partial charge in [-0.2, -0.15) is 8.78 Å². The molecule has 208 valence electrons. The van der Waals surface area contributed by atoms with Crippen LogP contribution in [0.4, 0.5) is 20.2 Å². The Bertz CT molecular complexity index is 1420. The topological polar surface area (TPSA) is 123 Å². The number of alkyl halides is 2. The second kappa shape index (κ2) is 12.9. The number of anilines is 2. The molecular weight excluding hydrogens is 551 g/mol. The van der Waals surface area contributed by atoms with E-state index in [0.29, 0.717) is 5.56 Å². The van der Waals surface area contributed by atoms with E-state index in [2.05, 4.69) is 20.1 Å². The van der Waals surface area contributed by atoms with Gasteiger partial charge in [0.05, 0.1) is 18.2 Å². The van der Waals surface area contributed by atoms with Gasteiger partial charge >= 0.3 is 5.85 Å². The number of rotatable bonds is 12. The molecule has 0 aliphatic rings. The summed E-state index contributed by atoms with van der Waals surface area (Å²) >= 11 is 0. The van der Waals surface area contributed by atoms with Crippen molar-refractivity contribution in [3.8, 4) is 11.5 Å². The lowest BCUT2D eigenvalue weighted by Gasteiger charge is -2.19. The van der Waals surface area contributed by atoms with Crippen LogP contribution in [0.25, 0.3) is 0 Å². The zero-order valence-electron chi connectivity index (χ0n) is 21.1. The number of carbonyl (C=O) groups is 2. The van der Waals surface area contributed by atoms with Gasteiger partial charge in [-0.25, -0.2) is 8.42 Å². The first kappa shape index (κ1) is 29.8. The molecule has 2 unspecified atom stereocenters. The molecule has 0 aliphatic heterocycles. The molecule has 39 heavy (non-hydrogen) atoms. The van der Waals surface area contributed by atoms with E-state index in [9.17, 15) is 26.8 Å². The third kappa shape index (κ3) is 8.90. The van der Waals surface area contributed by atoms with Gasteiger partial charge in [0, 0.05) is 31.3 Å². The van der Waals surface area contributed by atoms with Gasteiger partial charge < -0.3 is 20.1 Å². The van der Waals surface area contributed by atoms with Gasteiger partial charge in [0.1, 0.15) is 16.4 Å². The van der Waals surface area contributed by atoms with Crippen LogP contribution in [0.15, 0.2) is 77.7 Å². The van der Waals surface area contributed by atoms with Gasteiger partial charge in [-0.05, 0) is 46.0 Å². The maximum absolute atomic E-state index is 13.2. The molecule has 0 saturated carbocycles. The molecule has 3 N–H and O–H groups in total. The van der Waals surface area contributed by atoms with Crippen molar-refractivity contribution in [2.75, 3.05) is 23.2 Å². The highest BCUT2D eigenvalue weighted by molar-refractivity contribution is 7.92. The smallest absolute Gasteiger partial charge is 0.408 e. The largest absolute Gasteiger partial charge is 0.492 e. The van der Waals surface area contributed by atoms with Crippen molar-refractivity contribution in [2.24, 2.45) is 0 Å². The fourth-order valence-electron chi connectivity index (χ4n) is 3.59. The standard InChI is InChI=1S/C26H28F2N3O6PS/c1-3-36-23-15-19(30-25(33)22(16-29-17(2)32)18-8-5-4-6-9-18)12-13-24(23)39(34,35)31-20-10-7-11-21(14-20)37-26(27,28)38/h4-15,22,31H,3,16,38H2,1-2H3,(H,29,32)(H,30,33). The fraction of sp³-hybridized carbons (Fsp3) is 0.231. The molecule has 0 radical (unpaired) electrons. The summed E-state index contributed by atoms with van der Waals surface area (Å²) in [5.74, 6) is -5.23. The molecule has 3 aromatic rings. The highest BCUT2D eigenvalue weighted by atomic mass is 32.2. The summed E-state index contributed by atoms with van der Waals surface area (Å²) in [6.07, 6.45) is 0. The summed E-state index contributed by atoms with van der Waals surface area (Å²) in [4.78, 5) is 24.4. The Morgan fingerprint density at radius 2 is 1.72 bits per heavy atom. The lowest BCUT2D eigenvalue weighted by atomic mass is 9.98. The first-order valence-corrected chi connectivity index (χ1v) is 13.8. The molecule has 13 heteroatoms. The predicted molar refractivity (Wildman–Crippen MR) is 147 cm³/mol. The monoisotopic (exact) mass is 579 g/mol. The maximum Gasteiger partial charge on any atom is 0.408 e. The van der Waals surface area contributed by atoms with Crippen molar-refractivity contribution in [2.45, 2.75) is 30.5 Å². The van der Waals surface area contributed by atoms with E-state index >= 15 is 0 Å². The number of benzene rings is 3. The third-order valence-corrected chi connectivity index (χ3v) is 6.75. The van der Waals surface area contributed by atoms with Crippen LogP contribution in [0, 0.1) is 0 Å². The fourth-order valence-corrected chi connectivity index (χ4v) is 4.90. The van der Waals surface area contributed by atoms with Crippen LogP contribution < -0.4 is 24.8 Å². The number of hydrogen-bond acceptors (Lipinski definition) is 6. The maximum atomic E-state index is 13.2. The molecule has 2 atom stereocenters. The highest BCUT2D eigenvalue weighted by Gasteiger charge is 2.26. The van der Waals surface area contributed by atoms with E-state index in [-0.39, 0.29) is 46.8 Å². The number of carbonyl (C=O) groups excluding carboxylic acids is 2. The Balaban J connectivity index is 1.85. The second-order valence-corrected chi connectivity index (χ2v) is 10.6. The Hall–Kier alpha value is -3.76. The molecule has 3 aromatic carbocycles. The lowest BCUT2D eigenvalue weighted by molar-refractivity contribution is -0.119. The van der Waals surface area contributed by atoms with E-state index in [4.69, 9.17) is 4.74 Å². The van der Waals surface area contributed by atoms with Crippen LogP contribution in [0.1, 0.15) is 25.3 Å². The van der Waals surface area contributed by atoms with Crippen molar-refractivity contribution in [3.63, 3.8) is 0 Å². The second-order valence-electron chi connectivity index (χ2n) is 8.28. The van der Waals surface area contributed by atoms with Crippen LogP contribution in [-0.2, 0) is 19.6 Å². The molecule has 0 bridgehead atoms. The molecule has 0 heterocycles. The SMILES string of the molecule is CCOc1cc(NC(=O)C(CNC(C)=O)c2ccccc2)ccc1S(=O)(=O)Nc1cccc(OC(F)(F)P)c1. The molecular formula is C26H28F2N3O6PS.